The van der Waals surface area contributed by atoms with Gasteiger partial charge >= 0.3 is 0 Å². The maximum Gasteiger partial charge on any atom is 0.0407 e. The topological polar surface area (TPSA) is 0 Å². The van der Waals surface area contributed by atoms with Gasteiger partial charge < -0.3 is 0 Å². The Morgan fingerprint density at radius 2 is 1.29 bits per heavy atom. The van der Waals surface area contributed by atoms with Gasteiger partial charge in [-0.05, 0) is 11.1 Å². The van der Waals surface area contributed by atoms with Gasteiger partial charge in [0.1, 0.15) is 0 Å². The van der Waals surface area contributed by atoms with E-state index >= 15 is 0 Å². The molecule has 0 saturated heterocycles. The average molecular weight is 227 g/mol. The Bertz CT molecular complexity index is 294. The highest BCUT2D eigenvalue weighted by atomic mass is 35.5. The summed E-state index contributed by atoms with van der Waals surface area (Å²) in [6.07, 6.45) is 7.88. The number of alkyl halides is 2. The molecule has 0 aliphatic heterocycles. The number of hydrogen-bond donors (Lipinski definition) is 0. The maximum atomic E-state index is 5.58. The highest BCUT2D eigenvalue weighted by molar-refractivity contribution is 6.19. The van der Waals surface area contributed by atoms with Crippen LogP contribution in [0, 0.1) is 0 Å². The van der Waals surface area contributed by atoms with Crippen molar-refractivity contribution in [3.63, 3.8) is 0 Å². The molecule has 14 heavy (non-hydrogen) atoms. The van der Waals surface area contributed by atoms with Crippen molar-refractivity contribution < 1.29 is 0 Å². The molecule has 74 valence electrons. The Morgan fingerprint density at radius 3 is 1.64 bits per heavy atom. The standard InChI is InChI=1S/C12H12Cl2/c13-9-3-7-11-5-1-2-6-12(11)8-4-10-14/h1-8H,9-10H2/b7-3+,8-4+. The first-order valence-corrected chi connectivity index (χ1v) is 5.49. The highest BCUT2D eigenvalue weighted by Crippen LogP contribution is 2.12. The van der Waals surface area contributed by atoms with Crippen molar-refractivity contribution in [3.8, 4) is 0 Å². The fourth-order valence-electron chi connectivity index (χ4n) is 1.16. The van der Waals surface area contributed by atoms with E-state index in [1.165, 1.54) is 0 Å². The van der Waals surface area contributed by atoms with Crippen LogP contribution >= 0.6 is 23.2 Å². The lowest BCUT2D eigenvalue weighted by molar-refractivity contribution is 1.59. The van der Waals surface area contributed by atoms with Gasteiger partial charge in [0.2, 0.25) is 0 Å². The van der Waals surface area contributed by atoms with Gasteiger partial charge in [0, 0.05) is 11.8 Å². The summed E-state index contributed by atoms with van der Waals surface area (Å²) in [4.78, 5) is 0. The van der Waals surface area contributed by atoms with E-state index in [1.807, 2.05) is 36.4 Å². The van der Waals surface area contributed by atoms with E-state index in [9.17, 15) is 0 Å². The fraction of sp³-hybridized carbons (Fsp3) is 0.167. The van der Waals surface area contributed by atoms with Crippen molar-refractivity contribution >= 4 is 35.4 Å². The van der Waals surface area contributed by atoms with E-state index in [-0.39, 0.29) is 0 Å². The van der Waals surface area contributed by atoms with E-state index in [4.69, 9.17) is 23.2 Å². The third-order valence-corrected chi connectivity index (χ3v) is 2.13. The van der Waals surface area contributed by atoms with Crippen LogP contribution in [0.4, 0.5) is 0 Å². The predicted molar refractivity (Wildman–Crippen MR) is 66.0 cm³/mol. The van der Waals surface area contributed by atoms with E-state index in [1.54, 1.807) is 0 Å². The molecule has 0 spiro atoms. The lowest BCUT2D eigenvalue weighted by atomic mass is 10.1. The predicted octanol–water partition coefficient (Wildman–Crippen LogP) is 4.19. The summed E-state index contributed by atoms with van der Waals surface area (Å²) in [5.41, 5.74) is 2.32. The van der Waals surface area contributed by atoms with Crippen LogP contribution in [0.3, 0.4) is 0 Å². The molecule has 0 radical (unpaired) electrons. The lowest BCUT2D eigenvalue weighted by Crippen LogP contribution is -1.79. The molecule has 1 rings (SSSR count). The van der Waals surface area contributed by atoms with Gasteiger partial charge in [-0.3, -0.25) is 0 Å². The largest absolute Gasteiger partial charge is 0.122 e. The molecule has 0 heterocycles. The molecule has 0 bridgehead atoms. The number of benzene rings is 1. The van der Waals surface area contributed by atoms with Crippen molar-refractivity contribution in [1.82, 2.24) is 0 Å². The molecule has 0 aliphatic carbocycles. The van der Waals surface area contributed by atoms with Crippen molar-refractivity contribution in [2.75, 3.05) is 11.8 Å². The van der Waals surface area contributed by atoms with Gasteiger partial charge in [-0.1, -0.05) is 48.6 Å². The number of halogens is 2. The Morgan fingerprint density at radius 1 is 0.857 bits per heavy atom. The van der Waals surface area contributed by atoms with E-state index in [2.05, 4.69) is 12.1 Å². The molecule has 0 nitrogen and oxygen atoms in total. The Balaban J connectivity index is 2.91. The SMILES string of the molecule is ClC/C=C/c1ccccc1/C=C/CCl. The minimum absolute atomic E-state index is 0.535. The molecule has 1 aromatic rings. The molecule has 0 atom stereocenters. The fourth-order valence-corrected chi connectivity index (χ4v) is 1.34. The molecule has 0 saturated carbocycles. The maximum absolute atomic E-state index is 5.58. The monoisotopic (exact) mass is 226 g/mol. The summed E-state index contributed by atoms with van der Waals surface area (Å²) in [6, 6.07) is 8.12. The molecule has 0 amide bonds. The molecule has 1 aromatic carbocycles. The normalized spacial score (nSPS) is 11.6. The summed E-state index contributed by atoms with van der Waals surface area (Å²) in [7, 11) is 0. The van der Waals surface area contributed by atoms with E-state index in [0.717, 1.165) is 11.1 Å². The zero-order valence-corrected chi connectivity index (χ0v) is 9.30. The van der Waals surface area contributed by atoms with Crippen LogP contribution < -0.4 is 0 Å². The van der Waals surface area contributed by atoms with Crippen molar-refractivity contribution in [3.05, 3.63) is 47.5 Å². The number of hydrogen-bond acceptors (Lipinski definition) is 0. The quantitative estimate of drug-likeness (QED) is 0.676. The first-order valence-electron chi connectivity index (χ1n) is 4.42. The van der Waals surface area contributed by atoms with Crippen molar-refractivity contribution in [1.29, 1.82) is 0 Å². The second-order valence-electron chi connectivity index (χ2n) is 2.74. The molecule has 0 N–H and O–H groups in total. The lowest BCUT2D eigenvalue weighted by Gasteiger charge is -1.99. The van der Waals surface area contributed by atoms with Crippen LogP contribution in [0.25, 0.3) is 12.2 Å². The summed E-state index contributed by atoms with van der Waals surface area (Å²) in [5.74, 6) is 1.07. The minimum Gasteiger partial charge on any atom is -0.122 e. The van der Waals surface area contributed by atoms with Gasteiger partial charge in [0.25, 0.3) is 0 Å². The van der Waals surface area contributed by atoms with Gasteiger partial charge in [-0.25, -0.2) is 0 Å². The minimum atomic E-state index is 0.535. The third-order valence-electron chi connectivity index (χ3n) is 1.77. The van der Waals surface area contributed by atoms with Crippen LogP contribution in [0.5, 0.6) is 0 Å². The summed E-state index contributed by atoms with van der Waals surface area (Å²) >= 11 is 11.2. The second kappa shape index (κ2) is 6.69. The van der Waals surface area contributed by atoms with Crippen LogP contribution in [0.1, 0.15) is 11.1 Å². The van der Waals surface area contributed by atoms with Crippen molar-refractivity contribution in [2.45, 2.75) is 0 Å². The van der Waals surface area contributed by atoms with Crippen LogP contribution in [-0.2, 0) is 0 Å². The van der Waals surface area contributed by atoms with Gasteiger partial charge in [-0.2, -0.15) is 0 Å². The number of rotatable bonds is 4. The smallest absolute Gasteiger partial charge is 0.0407 e. The van der Waals surface area contributed by atoms with Gasteiger partial charge in [0.05, 0.1) is 0 Å². The average Bonchev–Trinajstić information content (AvgIpc) is 2.24. The Labute approximate surface area is 94.8 Å². The van der Waals surface area contributed by atoms with Crippen molar-refractivity contribution in [2.24, 2.45) is 0 Å². The van der Waals surface area contributed by atoms with Crippen LogP contribution in [-0.4, -0.2) is 11.8 Å². The summed E-state index contributed by atoms with van der Waals surface area (Å²) in [5, 5.41) is 0. The van der Waals surface area contributed by atoms with Gasteiger partial charge in [-0.15, -0.1) is 23.2 Å². The molecule has 0 aliphatic rings. The highest BCUT2D eigenvalue weighted by Gasteiger charge is 1.92. The molecular weight excluding hydrogens is 215 g/mol. The Hall–Kier alpha value is -0.720. The molecule has 0 unspecified atom stereocenters. The summed E-state index contributed by atoms with van der Waals surface area (Å²) < 4.78 is 0. The van der Waals surface area contributed by atoms with Gasteiger partial charge in [0.15, 0.2) is 0 Å². The molecular formula is C12H12Cl2. The molecule has 0 fully saturated rings. The van der Waals surface area contributed by atoms with Crippen LogP contribution in [0.15, 0.2) is 36.4 Å². The Kier molecular flexibility index (Phi) is 5.43. The summed E-state index contributed by atoms with van der Waals surface area (Å²) in [6.45, 7) is 0. The molecule has 2 heteroatoms. The van der Waals surface area contributed by atoms with Crippen LogP contribution in [0.2, 0.25) is 0 Å². The molecule has 0 aromatic heterocycles. The number of allylic oxidation sites excluding steroid dienone is 2. The first kappa shape index (κ1) is 11.4. The zero-order valence-electron chi connectivity index (χ0n) is 7.79. The van der Waals surface area contributed by atoms with E-state index < -0.39 is 0 Å². The second-order valence-corrected chi connectivity index (χ2v) is 3.36. The first-order chi connectivity index (χ1) is 6.88. The zero-order chi connectivity index (χ0) is 10.2. The van der Waals surface area contributed by atoms with E-state index in [0.29, 0.717) is 11.8 Å². The third kappa shape index (κ3) is 3.57.